The second-order valence-corrected chi connectivity index (χ2v) is 12.5. The molecule has 12 heteroatoms. The Morgan fingerprint density at radius 2 is 1.66 bits per heavy atom. The number of fused-ring (bicyclic) bond motifs is 2. The average molecular weight is 655 g/mol. The van der Waals surface area contributed by atoms with Gasteiger partial charge in [-0.25, -0.2) is 9.29 Å². The lowest BCUT2D eigenvalue weighted by Crippen LogP contribution is -2.33. The number of benzene rings is 3. The first-order chi connectivity index (χ1) is 19.7. The molecule has 2 aliphatic heterocycles. The van der Waals surface area contributed by atoms with Crippen molar-refractivity contribution in [3.05, 3.63) is 103 Å². The van der Waals surface area contributed by atoms with Gasteiger partial charge >= 0.3 is 4.87 Å². The first-order valence-electron chi connectivity index (χ1n) is 12.5. The molecule has 41 heavy (non-hydrogen) atoms. The van der Waals surface area contributed by atoms with Crippen molar-refractivity contribution in [2.75, 3.05) is 17.3 Å². The minimum Gasteiger partial charge on any atom is -0.497 e. The molecule has 1 N–H and O–H groups in total. The summed E-state index contributed by atoms with van der Waals surface area (Å²) in [7, 11) is 1.53. The van der Waals surface area contributed by atoms with Gasteiger partial charge in [-0.1, -0.05) is 51.2 Å². The third kappa shape index (κ3) is 5.00. The van der Waals surface area contributed by atoms with Crippen LogP contribution >= 0.6 is 39.0 Å². The highest BCUT2D eigenvalue weighted by atomic mass is 79.9. The normalized spacial score (nSPS) is 19.6. The number of aromatic nitrogens is 1. The predicted octanol–water partition coefficient (Wildman–Crippen LogP) is 5.25. The third-order valence-corrected chi connectivity index (χ3v) is 10.2. The summed E-state index contributed by atoms with van der Waals surface area (Å²) in [6.45, 7) is -0.302. The van der Waals surface area contributed by atoms with Gasteiger partial charge in [0.25, 0.3) is 0 Å². The van der Waals surface area contributed by atoms with Crippen molar-refractivity contribution in [2.45, 2.75) is 22.7 Å². The molecule has 1 aromatic heterocycles. The summed E-state index contributed by atoms with van der Waals surface area (Å²) in [4.78, 5) is 55.4. The number of thiazole rings is 1. The fourth-order valence-electron chi connectivity index (χ4n) is 5.15. The van der Waals surface area contributed by atoms with E-state index in [1.807, 2.05) is 24.3 Å². The molecule has 3 atom stereocenters. The van der Waals surface area contributed by atoms with E-state index < -0.39 is 28.8 Å². The predicted molar refractivity (Wildman–Crippen MR) is 158 cm³/mol. The summed E-state index contributed by atoms with van der Waals surface area (Å²) in [5, 5.41) is 2.36. The van der Waals surface area contributed by atoms with Crippen molar-refractivity contribution < 1.29 is 23.5 Å². The highest BCUT2D eigenvalue weighted by molar-refractivity contribution is 9.10. The van der Waals surface area contributed by atoms with Crippen LogP contribution in [0.5, 0.6) is 5.75 Å². The van der Waals surface area contributed by atoms with Crippen molar-refractivity contribution in [2.24, 2.45) is 5.92 Å². The summed E-state index contributed by atoms with van der Waals surface area (Å²) < 4.78 is 20.7. The van der Waals surface area contributed by atoms with E-state index in [9.17, 15) is 23.6 Å². The molecular formula is C29H21BrFN3O5S2. The highest BCUT2D eigenvalue weighted by Gasteiger charge is 2.56. The molecule has 3 aromatic carbocycles. The van der Waals surface area contributed by atoms with Crippen molar-refractivity contribution in [1.29, 1.82) is 0 Å². The smallest absolute Gasteiger partial charge is 0.308 e. The second kappa shape index (κ2) is 10.9. The molecule has 0 aliphatic carbocycles. The second-order valence-electron chi connectivity index (χ2n) is 9.48. The molecule has 3 heterocycles. The van der Waals surface area contributed by atoms with Crippen LogP contribution in [0.3, 0.4) is 0 Å². The number of imide groups is 1. The van der Waals surface area contributed by atoms with E-state index in [2.05, 4.69) is 21.2 Å². The Labute approximate surface area is 250 Å². The number of nitrogens with one attached hydrogen (secondary N) is 1. The molecule has 3 amide bonds. The molecule has 208 valence electrons. The molecule has 1 saturated heterocycles. The maximum absolute atomic E-state index is 13.9. The number of ether oxygens (including phenoxy) is 1. The van der Waals surface area contributed by atoms with E-state index in [1.165, 1.54) is 40.8 Å². The van der Waals surface area contributed by atoms with Crippen LogP contribution in [-0.2, 0) is 20.9 Å². The Morgan fingerprint density at radius 1 is 0.976 bits per heavy atom. The Hall–Kier alpha value is -3.74. The van der Waals surface area contributed by atoms with Crippen LogP contribution in [-0.4, -0.2) is 34.6 Å². The summed E-state index contributed by atoms with van der Waals surface area (Å²) in [6.07, 6.45) is 0. The third-order valence-electron chi connectivity index (χ3n) is 7.04. The molecule has 0 unspecified atom stereocenters. The van der Waals surface area contributed by atoms with Crippen LogP contribution in [0, 0.1) is 11.7 Å². The van der Waals surface area contributed by atoms with Crippen LogP contribution in [0.2, 0.25) is 0 Å². The van der Waals surface area contributed by atoms with Crippen LogP contribution in [0.15, 0.2) is 87.1 Å². The lowest BCUT2D eigenvalue weighted by molar-refractivity contribution is -0.122. The van der Waals surface area contributed by atoms with Gasteiger partial charge in [-0.05, 0) is 66.2 Å². The van der Waals surface area contributed by atoms with Crippen LogP contribution < -0.4 is 19.8 Å². The first-order valence-corrected chi connectivity index (χ1v) is 15.0. The standard InChI is InChI=1S/C29H21BrFN3O5S2/c1-39-20-12-10-19(11-13-20)34-26(36)23-22(15-2-4-16(30)5-3-15)25-28(40-24(23)27(34)37)33(29(38)41-25)14-21(35)32-18-8-6-17(31)7-9-18/h2-13,22-24H,14H2,1H3,(H,32,35)/t22-,23-,24+/m0/s1. The van der Waals surface area contributed by atoms with E-state index in [0.717, 1.165) is 33.1 Å². The number of carbonyl (C=O) groups is 3. The Kier molecular flexibility index (Phi) is 7.30. The average Bonchev–Trinajstić information content (AvgIpc) is 3.41. The van der Waals surface area contributed by atoms with Gasteiger partial charge in [0.15, 0.2) is 0 Å². The quantitative estimate of drug-likeness (QED) is 0.285. The summed E-state index contributed by atoms with van der Waals surface area (Å²) >= 11 is 5.56. The zero-order chi connectivity index (χ0) is 28.8. The van der Waals surface area contributed by atoms with E-state index in [4.69, 9.17) is 4.74 Å². The lowest BCUT2D eigenvalue weighted by atomic mass is 9.83. The Morgan fingerprint density at radius 3 is 2.32 bits per heavy atom. The molecule has 0 radical (unpaired) electrons. The minimum atomic E-state index is -0.800. The van der Waals surface area contributed by atoms with Crippen molar-refractivity contribution >= 4 is 68.1 Å². The molecule has 6 rings (SSSR count). The minimum absolute atomic E-state index is 0.302. The zero-order valence-electron chi connectivity index (χ0n) is 21.4. The van der Waals surface area contributed by atoms with Gasteiger partial charge < -0.3 is 10.1 Å². The van der Waals surface area contributed by atoms with Gasteiger partial charge in [0.2, 0.25) is 17.7 Å². The van der Waals surface area contributed by atoms with Gasteiger partial charge in [0.1, 0.15) is 23.4 Å². The topological polar surface area (TPSA) is 97.7 Å². The van der Waals surface area contributed by atoms with E-state index >= 15 is 0 Å². The summed E-state index contributed by atoms with van der Waals surface area (Å²) in [6, 6.07) is 19.5. The molecule has 0 saturated carbocycles. The number of carbonyl (C=O) groups excluding carboxylic acids is 3. The number of thioether (sulfide) groups is 1. The maximum atomic E-state index is 13.9. The van der Waals surface area contributed by atoms with Crippen molar-refractivity contribution in [1.82, 2.24) is 4.57 Å². The fourth-order valence-corrected chi connectivity index (χ4v) is 8.19. The van der Waals surface area contributed by atoms with Gasteiger partial charge in [-0.2, -0.15) is 0 Å². The Balaban J connectivity index is 1.39. The molecule has 1 fully saturated rings. The molecule has 0 spiro atoms. The molecule has 4 aromatic rings. The lowest BCUT2D eigenvalue weighted by Gasteiger charge is -2.30. The van der Waals surface area contributed by atoms with Crippen molar-refractivity contribution in [3.8, 4) is 5.75 Å². The van der Waals surface area contributed by atoms with Crippen LogP contribution in [0.25, 0.3) is 0 Å². The zero-order valence-corrected chi connectivity index (χ0v) is 24.6. The van der Waals surface area contributed by atoms with Gasteiger partial charge in [0.05, 0.1) is 23.7 Å². The Bertz CT molecular complexity index is 1720. The van der Waals surface area contributed by atoms with Crippen molar-refractivity contribution in [3.63, 3.8) is 0 Å². The number of anilines is 2. The summed E-state index contributed by atoms with van der Waals surface area (Å²) in [5.74, 6) is -2.36. The number of methoxy groups -OCH3 is 1. The van der Waals surface area contributed by atoms with Crippen LogP contribution in [0.1, 0.15) is 16.4 Å². The number of halogens is 2. The molecule has 0 bridgehead atoms. The van der Waals surface area contributed by atoms with E-state index in [1.54, 1.807) is 24.3 Å². The van der Waals surface area contributed by atoms with E-state index in [-0.39, 0.29) is 23.2 Å². The number of hydrogen-bond donors (Lipinski definition) is 1. The molecule has 8 nitrogen and oxygen atoms in total. The fraction of sp³-hybridized carbons (Fsp3) is 0.172. The van der Waals surface area contributed by atoms with Gasteiger partial charge in [0, 0.05) is 21.0 Å². The largest absolute Gasteiger partial charge is 0.497 e. The molecule has 2 aliphatic rings. The van der Waals surface area contributed by atoms with Crippen LogP contribution in [0.4, 0.5) is 15.8 Å². The SMILES string of the molecule is COc1ccc(N2C(=O)[C@H]3[C@H](c4ccc(Br)cc4)c4sc(=O)n(CC(=O)Nc5ccc(F)cc5)c4S[C@H]3C2=O)cc1. The monoisotopic (exact) mass is 653 g/mol. The summed E-state index contributed by atoms with van der Waals surface area (Å²) in [5.41, 5.74) is 1.61. The maximum Gasteiger partial charge on any atom is 0.308 e. The molecular weight excluding hydrogens is 633 g/mol. The number of rotatable bonds is 6. The highest BCUT2D eigenvalue weighted by Crippen LogP contribution is 2.54. The number of nitrogens with zero attached hydrogens (tertiary/aromatic N) is 2. The number of hydrogen-bond acceptors (Lipinski definition) is 7. The van der Waals surface area contributed by atoms with Gasteiger partial charge in [-0.15, -0.1) is 0 Å². The van der Waals surface area contributed by atoms with E-state index in [0.29, 0.717) is 27.0 Å². The first kappa shape index (κ1) is 27.4. The van der Waals surface area contributed by atoms with Gasteiger partial charge in [-0.3, -0.25) is 23.7 Å². The number of amides is 3.